The minimum Gasteiger partial charge on any atom is -0.468 e. The monoisotopic (exact) mass is 643 g/mol. The number of hydrogen-bond acceptors (Lipinski definition) is 9. The molecule has 3 aliphatic rings. The van der Waals surface area contributed by atoms with E-state index in [0.717, 1.165) is 5.69 Å². The highest BCUT2D eigenvalue weighted by atomic mass is 16.6. The van der Waals surface area contributed by atoms with Gasteiger partial charge in [-0.2, -0.15) is 0 Å². The average Bonchev–Trinajstić information content (AvgIpc) is 3.41. The maximum absolute atomic E-state index is 14.8. The smallest absolute Gasteiger partial charge is 0.410 e. The lowest BCUT2D eigenvalue weighted by atomic mass is 9.90. The van der Waals surface area contributed by atoms with E-state index < -0.39 is 29.7 Å². The van der Waals surface area contributed by atoms with Crippen LogP contribution < -0.4 is 4.90 Å². The fourth-order valence-electron chi connectivity index (χ4n) is 6.54. The van der Waals surface area contributed by atoms with Gasteiger partial charge in [-0.05, 0) is 64.5 Å². The van der Waals surface area contributed by atoms with Gasteiger partial charge in [0.2, 0.25) is 11.8 Å². The predicted octanol–water partition coefficient (Wildman–Crippen LogP) is 3.38. The van der Waals surface area contributed by atoms with Gasteiger partial charge in [0, 0.05) is 45.0 Å². The predicted molar refractivity (Wildman–Crippen MR) is 176 cm³/mol. The number of rotatable bonds is 10. The second-order valence-corrected chi connectivity index (χ2v) is 13.8. The van der Waals surface area contributed by atoms with Crippen LogP contribution in [0.25, 0.3) is 0 Å². The van der Waals surface area contributed by atoms with Gasteiger partial charge in [-0.15, -0.1) is 0 Å². The van der Waals surface area contributed by atoms with E-state index in [-0.39, 0.29) is 43.5 Å². The summed E-state index contributed by atoms with van der Waals surface area (Å²) in [6, 6.07) is 8.59. The average molecular weight is 644 g/mol. The van der Waals surface area contributed by atoms with Crippen LogP contribution in [-0.2, 0) is 23.8 Å². The summed E-state index contributed by atoms with van der Waals surface area (Å²) in [5, 5.41) is 9.54. The highest BCUT2D eigenvalue weighted by molar-refractivity contribution is 6.00. The first-order chi connectivity index (χ1) is 21.9. The largest absolute Gasteiger partial charge is 0.468 e. The number of morpholine rings is 1. The Bertz CT molecular complexity index is 1200. The quantitative estimate of drug-likeness (QED) is 0.385. The molecular weight excluding hydrogens is 590 g/mol. The highest BCUT2D eigenvalue weighted by Crippen LogP contribution is 2.33. The van der Waals surface area contributed by atoms with E-state index >= 15 is 0 Å². The summed E-state index contributed by atoms with van der Waals surface area (Å²) in [6.45, 7) is 12.5. The minimum atomic E-state index is -0.766. The Balaban J connectivity index is 1.68. The molecule has 4 atom stereocenters. The van der Waals surface area contributed by atoms with Gasteiger partial charge < -0.3 is 34.0 Å². The van der Waals surface area contributed by atoms with Crippen LogP contribution in [0.3, 0.4) is 0 Å². The van der Waals surface area contributed by atoms with Gasteiger partial charge in [-0.25, -0.2) is 9.79 Å². The van der Waals surface area contributed by atoms with Crippen molar-refractivity contribution < 1.29 is 33.7 Å². The van der Waals surface area contributed by atoms with E-state index in [1.54, 1.807) is 16.9 Å². The molecule has 2 saturated heterocycles. The summed E-state index contributed by atoms with van der Waals surface area (Å²) in [7, 11) is 1.56. The Kier molecular flexibility index (Phi) is 12.3. The van der Waals surface area contributed by atoms with Crippen LogP contribution in [0.5, 0.6) is 0 Å². The molecule has 1 aromatic rings. The topological polar surface area (TPSA) is 124 Å². The highest BCUT2D eigenvalue weighted by Gasteiger charge is 2.47. The Morgan fingerprint density at radius 3 is 2.37 bits per heavy atom. The fraction of sp³-hybridized carbons (Fsp3) is 0.706. The molecule has 2 fully saturated rings. The van der Waals surface area contributed by atoms with Crippen molar-refractivity contribution in [3.63, 3.8) is 0 Å². The molecule has 12 nitrogen and oxygen atoms in total. The summed E-state index contributed by atoms with van der Waals surface area (Å²) < 4.78 is 17.0. The molecule has 0 spiro atoms. The van der Waals surface area contributed by atoms with Crippen molar-refractivity contribution in [2.24, 2.45) is 16.8 Å². The second-order valence-electron chi connectivity index (χ2n) is 13.8. The zero-order valence-corrected chi connectivity index (χ0v) is 28.4. The second kappa shape index (κ2) is 15.9. The van der Waals surface area contributed by atoms with Crippen LogP contribution in [0.4, 0.5) is 10.5 Å². The van der Waals surface area contributed by atoms with Crippen molar-refractivity contribution in [3.8, 4) is 0 Å². The molecular formula is C34H53N5O7. The van der Waals surface area contributed by atoms with Gasteiger partial charge in [-0.3, -0.25) is 14.5 Å². The number of aliphatic hydroxyl groups excluding tert-OH is 1. The number of carbonyl (C=O) groups excluding carboxylic acids is 3. The van der Waals surface area contributed by atoms with Gasteiger partial charge in [0.05, 0.1) is 38.3 Å². The van der Waals surface area contributed by atoms with E-state index in [1.807, 2.05) is 60.9 Å². The zero-order chi connectivity index (χ0) is 33.4. The van der Waals surface area contributed by atoms with Crippen molar-refractivity contribution in [2.45, 2.75) is 84.0 Å². The standard InChI is InChI=1S/C34H53N5O7/c1-24(2)21-38(31(42)29-28(14-10-11-17-40)39(32(35-29)44-6)26-12-8-7-9-13-26)27-20-25(30(41)36-15-18-45-19-16-36)22-37(23-27)33(43)46-34(3,4)5/h7-9,12-13,24-25,27-29,40H,10-11,14-23H2,1-6H3/t25-,27+,28?,29?/m1/s1. The SMILES string of the molecule is COC1=NC(C(=O)N(CC(C)C)[C@H]2C[C@@H](C(=O)N3CCOCC3)CN(C(=O)OC(C)(C)C)C2)C(CCCCO)N1c1ccccc1. The third-order valence-corrected chi connectivity index (χ3v) is 8.57. The molecule has 0 saturated carbocycles. The molecule has 2 unspecified atom stereocenters. The van der Waals surface area contributed by atoms with Crippen molar-refractivity contribution in [3.05, 3.63) is 30.3 Å². The molecule has 12 heteroatoms. The van der Waals surface area contributed by atoms with Crippen LogP contribution in [0, 0.1) is 11.8 Å². The van der Waals surface area contributed by atoms with E-state index in [1.165, 1.54) is 0 Å². The van der Waals surface area contributed by atoms with Crippen molar-refractivity contribution in [2.75, 3.05) is 64.6 Å². The molecule has 0 radical (unpaired) electrons. The number of methoxy groups -OCH3 is 1. The number of hydrogen-bond donors (Lipinski definition) is 1. The summed E-state index contributed by atoms with van der Waals surface area (Å²) >= 11 is 0. The third kappa shape index (κ3) is 8.90. The number of nitrogens with zero attached hydrogens (tertiary/aromatic N) is 5. The van der Waals surface area contributed by atoms with Gasteiger partial charge in [0.15, 0.2) is 6.04 Å². The van der Waals surface area contributed by atoms with Crippen LogP contribution in [0.2, 0.25) is 0 Å². The summed E-state index contributed by atoms with van der Waals surface area (Å²) in [4.78, 5) is 54.1. The third-order valence-electron chi connectivity index (χ3n) is 8.57. The molecule has 3 amide bonds. The molecule has 256 valence electrons. The summed E-state index contributed by atoms with van der Waals surface area (Å²) in [5.74, 6) is -0.560. The van der Waals surface area contributed by atoms with E-state index in [2.05, 4.69) is 13.8 Å². The number of carbonyl (C=O) groups is 3. The number of amides is 3. The van der Waals surface area contributed by atoms with Crippen LogP contribution in [0.15, 0.2) is 35.3 Å². The maximum atomic E-state index is 14.8. The van der Waals surface area contributed by atoms with Crippen LogP contribution in [0.1, 0.15) is 60.3 Å². The first-order valence-corrected chi connectivity index (χ1v) is 16.6. The lowest BCUT2D eigenvalue weighted by Crippen LogP contribution is -2.60. The fourth-order valence-corrected chi connectivity index (χ4v) is 6.54. The number of aliphatic imine (C=N–C) groups is 1. The Labute approximate surface area is 273 Å². The van der Waals surface area contributed by atoms with E-state index in [0.29, 0.717) is 64.6 Å². The Morgan fingerprint density at radius 2 is 1.76 bits per heavy atom. The van der Waals surface area contributed by atoms with E-state index in [4.69, 9.17) is 19.2 Å². The number of piperidine rings is 1. The first-order valence-electron chi connectivity index (χ1n) is 16.6. The zero-order valence-electron chi connectivity index (χ0n) is 28.4. The number of para-hydroxylation sites is 1. The summed E-state index contributed by atoms with van der Waals surface area (Å²) in [6.07, 6.45) is 1.86. The number of unbranched alkanes of at least 4 members (excludes halogenated alkanes) is 1. The number of ether oxygens (including phenoxy) is 3. The van der Waals surface area contributed by atoms with Gasteiger partial charge in [-0.1, -0.05) is 32.0 Å². The molecule has 3 aliphatic heterocycles. The molecule has 0 bridgehead atoms. The van der Waals surface area contributed by atoms with Crippen molar-refractivity contribution in [1.82, 2.24) is 14.7 Å². The van der Waals surface area contributed by atoms with Gasteiger partial charge >= 0.3 is 6.09 Å². The van der Waals surface area contributed by atoms with Gasteiger partial charge in [0.25, 0.3) is 6.02 Å². The number of aliphatic hydroxyl groups is 1. The summed E-state index contributed by atoms with van der Waals surface area (Å²) in [5.41, 5.74) is 0.159. The van der Waals surface area contributed by atoms with Gasteiger partial charge in [0.1, 0.15) is 5.60 Å². The first kappa shape index (κ1) is 35.5. The number of anilines is 1. The maximum Gasteiger partial charge on any atom is 0.410 e. The Hall–Kier alpha value is -3.38. The van der Waals surface area contributed by atoms with Crippen molar-refractivity contribution >= 4 is 29.6 Å². The molecule has 4 rings (SSSR count). The number of benzene rings is 1. The molecule has 0 aromatic heterocycles. The van der Waals surface area contributed by atoms with Crippen LogP contribution >= 0.6 is 0 Å². The molecule has 46 heavy (non-hydrogen) atoms. The molecule has 1 N–H and O–H groups in total. The number of likely N-dealkylation sites (tertiary alicyclic amines) is 1. The molecule has 3 heterocycles. The minimum absolute atomic E-state index is 0.0313. The lowest BCUT2D eigenvalue weighted by molar-refractivity contribution is -0.146. The lowest BCUT2D eigenvalue weighted by Gasteiger charge is -2.44. The molecule has 0 aliphatic carbocycles. The van der Waals surface area contributed by atoms with Crippen LogP contribution in [-0.4, -0.2) is 127 Å². The number of amidine groups is 1. The Morgan fingerprint density at radius 1 is 1.07 bits per heavy atom. The normalized spacial score (nSPS) is 23.7. The van der Waals surface area contributed by atoms with Crippen molar-refractivity contribution in [1.29, 1.82) is 0 Å². The molecule has 1 aromatic carbocycles. The van der Waals surface area contributed by atoms with E-state index in [9.17, 15) is 19.5 Å².